The third-order valence-electron chi connectivity index (χ3n) is 3.18. The topological polar surface area (TPSA) is 38.0 Å². The molecule has 3 nitrogen and oxygen atoms in total. The Kier molecular flexibility index (Phi) is 2.58. The zero-order chi connectivity index (χ0) is 11.7. The van der Waals surface area contributed by atoms with Gasteiger partial charge in [-0.15, -0.1) is 0 Å². The van der Waals surface area contributed by atoms with Gasteiger partial charge in [0, 0.05) is 11.6 Å². The van der Waals surface area contributed by atoms with Gasteiger partial charge in [-0.1, -0.05) is 0 Å². The second kappa shape index (κ2) is 4.23. The first-order valence-corrected chi connectivity index (χ1v) is 5.93. The maximum atomic E-state index is 8.83. The number of hydrogen-bond donors (Lipinski definition) is 0. The Morgan fingerprint density at radius 1 is 1.35 bits per heavy atom. The quantitative estimate of drug-likeness (QED) is 0.804. The Morgan fingerprint density at radius 2 is 2.24 bits per heavy atom. The largest absolute Gasteiger partial charge is 0.360 e. The van der Waals surface area contributed by atoms with E-state index in [9.17, 15) is 0 Å². The molecule has 1 aliphatic rings. The molecule has 0 radical (unpaired) electrons. The molecule has 0 aliphatic heterocycles. The summed E-state index contributed by atoms with van der Waals surface area (Å²) in [5, 5.41) is 9.93. The maximum Gasteiger partial charge on any atom is 0.122 e. The molecule has 86 valence electrons. The van der Waals surface area contributed by atoms with Gasteiger partial charge in [-0.25, -0.2) is 0 Å². The number of benzene rings is 1. The van der Waals surface area contributed by atoms with Crippen LogP contribution in [0.25, 0.3) is 10.9 Å². The molecule has 1 heterocycles. The Labute approximate surface area is 100 Å². The average Bonchev–Trinajstić information content (AvgIpc) is 3.10. The van der Waals surface area contributed by atoms with E-state index in [-0.39, 0.29) is 0 Å². The number of aromatic nitrogens is 1. The number of hydrogen-bond acceptors (Lipinski definition) is 2. The molecule has 0 unspecified atom stereocenters. The van der Waals surface area contributed by atoms with Crippen molar-refractivity contribution in [2.24, 2.45) is 5.92 Å². The molecule has 2 aromatic rings. The van der Waals surface area contributed by atoms with Gasteiger partial charge in [-0.3, -0.25) is 0 Å². The first-order chi connectivity index (χ1) is 8.36. The van der Waals surface area contributed by atoms with Gasteiger partial charge in [0.1, 0.15) is 6.73 Å². The molecule has 1 aromatic carbocycles. The van der Waals surface area contributed by atoms with Gasteiger partial charge in [-0.2, -0.15) is 5.26 Å². The van der Waals surface area contributed by atoms with Gasteiger partial charge in [0.2, 0.25) is 0 Å². The summed E-state index contributed by atoms with van der Waals surface area (Å²) in [7, 11) is 0. The van der Waals surface area contributed by atoms with Crippen LogP contribution in [0.1, 0.15) is 18.4 Å². The van der Waals surface area contributed by atoms with E-state index in [1.807, 2.05) is 30.5 Å². The molecule has 0 atom stereocenters. The van der Waals surface area contributed by atoms with E-state index >= 15 is 0 Å². The summed E-state index contributed by atoms with van der Waals surface area (Å²) in [6, 6.07) is 9.92. The average molecular weight is 226 g/mol. The van der Waals surface area contributed by atoms with Crippen molar-refractivity contribution in [1.29, 1.82) is 5.26 Å². The van der Waals surface area contributed by atoms with Crippen LogP contribution in [0.15, 0.2) is 30.5 Å². The fraction of sp³-hybridized carbons (Fsp3) is 0.357. The highest BCUT2D eigenvalue weighted by molar-refractivity contribution is 5.81. The van der Waals surface area contributed by atoms with E-state index in [0.717, 1.165) is 23.4 Å². The Hall–Kier alpha value is -1.79. The predicted octanol–water partition coefficient (Wildman–Crippen LogP) is 2.90. The molecule has 0 spiro atoms. The smallest absolute Gasteiger partial charge is 0.122 e. The molecule has 1 aliphatic carbocycles. The highest BCUT2D eigenvalue weighted by atomic mass is 16.5. The van der Waals surface area contributed by atoms with Crippen molar-refractivity contribution >= 4 is 10.9 Å². The third-order valence-corrected chi connectivity index (χ3v) is 3.18. The molecular formula is C14H14N2O. The normalized spacial score (nSPS) is 15.0. The second-order valence-electron chi connectivity index (χ2n) is 4.61. The summed E-state index contributed by atoms with van der Waals surface area (Å²) < 4.78 is 7.75. The minimum absolute atomic E-state index is 0.603. The summed E-state index contributed by atoms with van der Waals surface area (Å²) in [5.74, 6) is 0.794. The fourth-order valence-electron chi connectivity index (χ4n) is 1.98. The molecule has 0 saturated heterocycles. The second-order valence-corrected chi connectivity index (χ2v) is 4.61. The lowest BCUT2D eigenvalue weighted by atomic mass is 10.2. The summed E-state index contributed by atoms with van der Waals surface area (Å²) in [6.45, 7) is 1.47. The molecule has 1 fully saturated rings. The van der Waals surface area contributed by atoms with Crippen LogP contribution < -0.4 is 0 Å². The molecule has 0 bridgehead atoms. The van der Waals surface area contributed by atoms with Crippen LogP contribution in [0.3, 0.4) is 0 Å². The van der Waals surface area contributed by atoms with E-state index < -0.39 is 0 Å². The molecule has 0 N–H and O–H groups in total. The van der Waals surface area contributed by atoms with Crippen LogP contribution in [-0.2, 0) is 11.5 Å². The van der Waals surface area contributed by atoms with Gasteiger partial charge >= 0.3 is 0 Å². The van der Waals surface area contributed by atoms with Gasteiger partial charge in [0.25, 0.3) is 0 Å². The molecular weight excluding hydrogens is 212 g/mol. The van der Waals surface area contributed by atoms with Crippen LogP contribution in [0, 0.1) is 17.2 Å². The lowest BCUT2D eigenvalue weighted by molar-refractivity contribution is 0.0718. The standard InChI is InChI=1S/C14H14N2O/c15-8-12-3-4-14-13(7-12)5-6-16(14)10-17-9-11-1-2-11/h3-7,11H,1-2,9-10H2. The maximum absolute atomic E-state index is 8.83. The van der Waals surface area contributed by atoms with Crippen molar-refractivity contribution in [1.82, 2.24) is 4.57 Å². The minimum Gasteiger partial charge on any atom is -0.360 e. The van der Waals surface area contributed by atoms with E-state index in [1.54, 1.807) is 0 Å². The lowest BCUT2D eigenvalue weighted by Crippen LogP contribution is -2.03. The number of rotatable bonds is 4. The monoisotopic (exact) mass is 226 g/mol. The van der Waals surface area contributed by atoms with Crippen LogP contribution in [-0.4, -0.2) is 11.2 Å². The van der Waals surface area contributed by atoms with Crippen molar-refractivity contribution in [3.8, 4) is 6.07 Å². The van der Waals surface area contributed by atoms with Gasteiger partial charge < -0.3 is 9.30 Å². The van der Waals surface area contributed by atoms with E-state index in [0.29, 0.717) is 12.3 Å². The first-order valence-electron chi connectivity index (χ1n) is 5.93. The summed E-state index contributed by atoms with van der Waals surface area (Å²) >= 11 is 0. The van der Waals surface area contributed by atoms with Crippen LogP contribution in [0.5, 0.6) is 0 Å². The number of nitrogens with zero attached hydrogens (tertiary/aromatic N) is 2. The van der Waals surface area contributed by atoms with Crippen LogP contribution in [0.4, 0.5) is 0 Å². The zero-order valence-electron chi connectivity index (χ0n) is 9.60. The van der Waals surface area contributed by atoms with Crippen molar-refractivity contribution in [3.05, 3.63) is 36.0 Å². The van der Waals surface area contributed by atoms with E-state index in [4.69, 9.17) is 10.00 Å². The highest BCUT2D eigenvalue weighted by Gasteiger charge is 2.21. The minimum atomic E-state index is 0.603. The zero-order valence-corrected chi connectivity index (χ0v) is 9.60. The third kappa shape index (κ3) is 2.17. The summed E-state index contributed by atoms with van der Waals surface area (Å²) in [5.41, 5.74) is 1.83. The van der Waals surface area contributed by atoms with Crippen molar-refractivity contribution < 1.29 is 4.74 Å². The highest BCUT2D eigenvalue weighted by Crippen LogP contribution is 2.29. The van der Waals surface area contributed by atoms with Crippen molar-refractivity contribution in [2.75, 3.05) is 6.61 Å². The molecule has 17 heavy (non-hydrogen) atoms. The molecule has 3 rings (SSSR count). The molecule has 3 heteroatoms. The Morgan fingerprint density at radius 3 is 3.00 bits per heavy atom. The van der Waals surface area contributed by atoms with Crippen LogP contribution in [0.2, 0.25) is 0 Å². The van der Waals surface area contributed by atoms with E-state index in [2.05, 4.69) is 10.6 Å². The van der Waals surface area contributed by atoms with Crippen molar-refractivity contribution in [3.63, 3.8) is 0 Å². The van der Waals surface area contributed by atoms with Crippen LogP contribution >= 0.6 is 0 Å². The molecule has 1 saturated carbocycles. The molecule has 1 aromatic heterocycles. The van der Waals surface area contributed by atoms with Gasteiger partial charge in [0.15, 0.2) is 0 Å². The summed E-state index contributed by atoms with van der Waals surface area (Å²) in [6.07, 6.45) is 4.65. The Bertz CT molecular complexity index is 575. The summed E-state index contributed by atoms with van der Waals surface area (Å²) in [4.78, 5) is 0. The lowest BCUT2D eigenvalue weighted by Gasteiger charge is -2.06. The Balaban J connectivity index is 1.77. The SMILES string of the molecule is N#Cc1ccc2c(ccn2COCC2CC2)c1. The predicted molar refractivity (Wildman–Crippen MR) is 65.3 cm³/mol. The van der Waals surface area contributed by atoms with Gasteiger partial charge in [0.05, 0.1) is 23.8 Å². The first kappa shape index (κ1) is 10.4. The molecule has 0 amide bonds. The van der Waals surface area contributed by atoms with Crippen molar-refractivity contribution in [2.45, 2.75) is 19.6 Å². The number of fused-ring (bicyclic) bond motifs is 1. The van der Waals surface area contributed by atoms with E-state index in [1.165, 1.54) is 12.8 Å². The number of ether oxygens (including phenoxy) is 1. The fourth-order valence-corrected chi connectivity index (χ4v) is 1.98. The number of nitriles is 1. The van der Waals surface area contributed by atoms with Gasteiger partial charge in [-0.05, 0) is 43.0 Å².